The molecule has 0 saturated carbocycles. The highest BCUT2D eigenvalue weighted by Gasteiger charge is 2.41. The number of carbonyl (C=O) groups excluding carboxylic acids is 2. The summed E-state index contributed by atoms with van der Waals surface area (Å²) < 4.78 is 0. The van der Waals surface area contributed by atoms with Gasteiger partial charge in [-0.2, -0.15) is 0 Å². The van der Waals surface area contributed by atoms with Gasteiger partial charge in [0.2, 0.25) is 0 Å². The first-order valence-corrected chi connectivity index (χ1v) is 7.34. The molecule has 2 heterocycles. The molecule has 4 heteroatoms. The van der Waals surface area contributed by atoms with Crippen LogP contribution in [0.5, 0.6) is 0 Å². The lowest BCUT2D eigenvalue weighted by Gasteiger charge is -2.28. The van der Waals surface area contributed by atoms with Crippen LogP contribution in [0.2, 0.25) is 0 Å². The highest BCUT2D eigenvalue weighted by Crippen LogP contribution is 2.36. The maximum Gasteiger partial charge on any atom is 0.276 e. The third kappa shape index (κ3) is 1.40. The van der Waals surface area contributed by atoms with Crippen molar-refractivity contribution in [2.24, 2.45) is 0 Å². The standard InChI is InChI=1S/C18H12N2O2/c21-17-14-7-3-5-12-10-11-4-1-2-6-13(11)16(15(12)14)18(22)20(17)19-8-9-19/h1-7,10H,8-9H2. The van der Waals surface area contributed by atoms with Crippen molar-refractivity contribution in [1.82, 2.24) is 10.0 Å². The number of hydrazine groups is 1. The molecule has 0 spiro atoms. The van der Waals surface area contributed by atoms with Crippen molar-refractivity contribution >= 4 is 33.4 Å². The van der Waals surface area contributed by atoms with Gasteiger partial charge in [0, 0.05) is 18.5 Å². The van der Waals surface area contributed by atoms with Crippen molar-refractivity contribution < 1.29 is 9.59 Å². The number of hydrogen-bond donors (Lipinski definition) is 0. The fraction of sp³-hybridized carbons (Fsp3) is 0.111. The summed E-state index contributed by atoms with van der Waals surface area (Å²) in [6.45, 7) is 1.51. The molecule has 0 atom stereocenters. The molecule has 0 radical (unpaired) electrons. The Hall–Kier alpha value is -2.72. The molecule has 0 aromatic heterocycles. The molecule has 1 fully saturated rings. The molecular formula is C18H12N2O2. The summed E-state index contributed by atoms with van der Waals surface area (Å²) in [5.41, 5.74) is 1.26. The van der Waals surface area contributed by atoms with Crippen molar-refractivity contribution in [3.63, 3.8) is 0 Å². The van der Waals surface area contributed by atoms with Gasteiger partial charge in [0.15, 0.2) is 0 Å². The monoisotopic (exact) mass is 288 g/mol. The lowest BCUT2D eigenvalue weighted by atomic mass is 9.90. The SMILES string of the molecule is O=C1c2cccc3cc4ccccc4c(c23)C(=O)N1N1CC1. The minimum Gasteiger partial charge on any atom is -0.267 e. The number of nitrogens with zero attached hydrogens (tertiary/aromatic N) is 2. The number of benzene rings is 3. The zero-order chi connectivity index (χ0) is 14.8. The van der Waals surface area contributed by atoms with Gasteiger partial charge in [-0.15, -0.1) is 0 Å². The first kappa shape index (κ1) is 11.9. The number of hydrogen-bond acceptors (Lipinski definition) is 3. The zero-order valence-corrected chi connectivity index (χ0v) is 11.7. The third-order valence-corrected chi connectivity index (χ3v) is 4.42. The van der Waals surface area contributed by atoms with Crippen LogP contribution in [0.25, 0.3) is 21.5 Å². The van der Waals surface area contributed by atoms with E-state index in [0.717, 1.165) is 34.6 Å². The number of carbonyl (C=O) groups is 2. The number of fused-ring (bicyclic) bond motifs is 2. The van der Waals surface area contributed by atoms with Crippen molar-refractivity contribution in [3.05, 3.63) is 59.7 Å². The van der Waals surface area contributed by atoms with E-state index in [0.29, 0.717) is 11.1 Å². The number of rotatable bonds is 1. The fourth-order valence-electron chi connectivity index (χ4n) is 3.34. The fourth-order valence-corrected chi connectivity index (χ4v) is 3.34. The van der Waals surface area contributed by atoms with Crippen LogP contribution in [0, 0.1) is 0 Å². The first-order chi connectivity index (χ1) is 10.8. The molecule has 2 aliphatic rings. The summed E-state index contributed by atoms with van der Waals surface area (Å²) >= 11 is 0. The highest BCUT2D eigenvalue weighted by atomic mass is 16.2. The topological polar surface area (TPSA) is 40.4 Å². The maximum atomic E-state index is 13.0. The summed E-state index contributed by atoms with van der Waals surface area (Å²) in [5.74, 6) is -0.418. The smallest absolute Gasteiger partial charge is 0.267 e. The summed E-state index contributed by atoms with van der Waals surface area (Å²) in [6, 6.07) is 15.5. The third-order valence-electron chi connectivity index (χ3n) is 4.42. The Morgan fingerprint density at radius 1 is 0.818 bits per heavy atom. The van der Waals surface area contributed by atoms with Crippen molar-refractivity contribution in [2.75, 3.05) is 13.1 Å². The minimum atomic E-state index is -0.212. The largest absolute Gasteiger partial charge is 0.276 e. The van der Waals surface area contributed by atoms with E-state index in [1.165, 1.54) is 5.01 Å². The molecule has 22 heavy (non-hydrogen) atoms. The highest BCUT2D eigenvalue weighted by molar-refractivity contribution is 6.30. The Morgan fingerprint density at radius 2 is 1.59 bits per heavy atom. The Balaban J connectivity index is 1.98. The van der Waals surface area contributed by atoms with Crippen LogP contribution in [0.1, 0.15) is 20.7 Å². The van der Waals surface area contributed by atoms with Gasteiger partial charge in [0.25, 0.3) is 11.8 Å². The molecule has 3 aromatic rings. The van der Waals surface area contributed by atoms with Crippen LogP contribution in [0.3, 0.4) is 0 Å². The van der Waals surface area contributed by atoms with E-state index in [1.54, 1.807) is 5.01 Å². The summed E-state index contributed by atoms with van der Waals surface area (Å²) in [5, 5.41) is 6.76. The van der Waals surface area contributed by atoms with E-state index in [9.17, 15) is 9.59 Å². The van der Waals surface area contributed by atoms with Gasteiger partial charge in [-0.05, 0) is 28.3 Å². The van der Waals surface area contributed by atoms with Gasteiger partial charge < -0.3 is 0 Å². The molecule has 4 nitrogen and oxygen atoms in total. The lowest BCUT2D eigenvalue weighted by molar-refractivity contribution is 0.0353. The van der Waals surface area contributed by atoms with Crippen molar-refractivity contribution in [3.8, 4) is 0 Å². The van der Waals surface area contributed by atoms with Crippen LogP contribution < -0.4 is 0 Å². The van der Waals surface area contributed by atoms with Gasteiger partial charge in [0.05, 0.1) is 11.1 Å². The molecule has 1 saturated heterocycles. The van der Waals surface area contributed by atoms with E-state index in [4.69, 9.17) is 0 Å². The van der Waals surface area contributed by atoms with Crippen LogP contribution in [-0.2, 0) is 0 Å². The number of amides is 2. The van der Waals surface area contributed by atoms with Crippen LogP contribution in [0.15, 0.2) is 48.5 Å². The molecule has 0 aliphatic carbocycles. The molecule has 106 valence electrons. The van der Waals surface area contributed by atoms with Crippen LogP contribution in [0.4, 0.5) is 0 Å². The first-order valence-electron chi connectivity index (χ1n) is 7.34. The summed E-state index contributed by atoms with van der Waals surface area (Å²) in [6.07, 6.45) is 0. The Kier molecular flexibility index (Phi) is 2.12. The molecule has 0 bridgehead atoms. The molecule has 0 N–H and O–H groups in total. The Bertz CT molecular complexity index is 989. The maximum absolute atomic E-state index is 13.0. The van der Waals surface area contributed by atoms with Crippen LogP contribution >= 0.6 is 0 Å². The van der Waals surface area contributed by atoms with Crippen molar-refractivity contribution in [1.29, 1.82) is 0 Å². The Morgan fingerprint density at radius 3 is 2.41 bits per heavy atom. The second-order valence-corrected chi connectivity index (χ2v) is 5.75. The molecule has 2 aliphatic heterocycles. The molecule has 0 unspecified atom stereocenters. The normalized spacial score (nSPS) is 17.5. The summed E-state index contributed by atoms with van der Waals surface area (Å²) in [7, 11) is 0. The van der Waals surface area contributed by atoms with Crippen molar-refractivity contribution in [2.45, 2.75) is 0 Å². The van der Waals surface area contributed by atoms with Gasteiger partial charge >= 0.3 is 0 Å². The second kappa shape index (κ2) is 3.93. The lowest BCUT2D eigenvalue weighted by Crippen LogP contribution is -2.44. The van der Waals surface area contributed by atoms with Gasteiger partial charge in [-0.25, -0.2) is 10.0 Å². The van der Waals surface area contributed by atoms with Crippen LogP contribution in [-0.4, -0.2) is 34.9 Å². The van der Waals surface area contributed by atoms with E-state index >= 15 is 0 Å². The predicted octanol–water partition coefficient (Wildman–Crippen LogP) is 2.82. The minimum absolute atomic E-state index is 0.206. The predicted molar refractivity (Wildman–Crippen MR) is 83.5 cm³/mol. The molecule has 2 amide bonds. The number of imide groups is 1. The van der Waals surface area contributed by atoms with E-state index in [1.807, 2.05) is 48.5 Å². The molecule has 3 aromatic carbocycles. The zero-order valence-electron chi connectivity index (χ0n) is 11.7. The quantitative estimate of drug-likeness (QED) is 0.393. The second-order valence-electron chi connectivity index (χ2n) is 5.75. The molecular weight excluding hydrogens is 276 g/mol. The van der Waals surface area contributed by atoms with E-state index in [-0.39, 0.29) is 11.8 Å². The van der Waals surface area contributed by atoms with Gasteiger partial charge in [0.1, 0.15) is 0 Å². The van der Waals surface area contributed by atoms with E-state index < -0.39 is 0 Å². The Labute approximate surface area is 126 Å². The van der Waals surface area contributed by atoms with Gasteiger partial charge in [-0.1, -0.05) is 36.4 Å². The summed E-state index contributed by atoms with van der Waals surface area (Å²) in [4.78, 5) is 25.7. The van der Waals surface area contributed by atoms with E-state index in [2.05, 4.69) is 0 Å². The molecule has 5 rings (SSSR count). The van der Waals surface area contributed by atoms with Gasteiger partial charge in [-0.3, -0.25) is 9.59 Å². The average molecular weight is 288 g/mol. The average Bonchev–Trinajstić information content (AvgIpc) is 3.36.